The van der Waals surface area contributed by atoms with Crippen molar-refractivity contribution in [2.24, 2.45) is 0 Å². The van der Waals surface area contributed by atoms with Crippen molar-refractivity contribution >= 4 is 23.5 Å². The van der Waals surface area contributed by atoms with Crippen LogP contribution in [0.15, 0.2) is 18.3 Å². The van der Waals surface area contributed by atoms with E-state index in [9.17, 15) is 9.59 Å². The van der Waals surface area contributed by atoms with E-state index >= 15 is 0 Å². The molecule has 0 aliphatic heterocycles. The number of ether oxygens (including phenoxy) is 1. The highest BCUT2D eigenvalue weighted by Crippen LogP contribution is 2.10. The first-order valence-corrected chi connectivity index (χ1v) is 5.94. The van der Waals surface area contributed by atoms with Crippen molar-refractivity contribution in [1.29, 1.82) is 0 Å². The Morgan fingerprint density at radius 2 is 2.22 bits per heavy atom. The summed E-state index contributed by atoms with van der Waals surface area (Å²) in [4.78, 5) is 28.7. The number of halogens is 1. The lowest BCUT2D eigenvalue weighted by molar-refractivity contribution is -0.141. The Morgan fingerprint density at radius 1 is 1.50 bits per heavy atom. The van der Waals surface area contributed by atoms with Gasteiger partial charge < -0.3 is 9.64 Å². The molecule has 0 aliphatic carbocycles. The summed E-state index contributed by atoms with van der Waals surface area (Å²) in [7, 11) is 1.29. The van der Waals surface area contributed by atoms with Crippen LogP contribution in [0.4, 0.5) is 0 Å². The zero-order valence-electron chi connectivity index (χ0n) is 10.4. The third kappa shape index (κ3) is 4.00. The Hall–Kier alpha value is -1.62. The summed E-state index contributed by atoms with van der Waals surface area (Å²) in [6.07, 6.45) is 2.20. The van der Waals surface area contributed by atoms with Crippen LogP contribution < -0.4 is 0 Å². The van der Waals surface area contributed by atoms with Gasteiger partial charge in [0.05, 0.1) is 7.11 Å². The van der Waals surface area contributed by atoms with Gasteiger partial charge in [-0.2, -0.15) is 0 Å². The molecule has 0 unspecified atom stereocenters. The van der Waals surface area contributed by atoms with Crippen molar-refractivity contribution in [3.8, 4) is 0 Å². The molecular formula is C12H15ClN2O3. The summed E-state index contributed by atoms with van der Waals surface area (Å²) < 4.78 is 4.56. The van der Waals surface area contributed by atoms with E-state index in [1.807, 2.05) is 6.92 Å². The monoisotopic (exact) mass is 270 g/mol. The minimum atomic E-state index is -0.459. The van der Waals surface area contributed by atoms with Gasteiger partial charge in [0.15, 0.2) is 0 Å². The highest BCUT2D eigenvalue weighted by atomic mass is 35.5. The SMILES string of the molecule is CCCN(CC(=O)OC)C(=O)c1cc(Cl)ccn1. The highest BCUT2D eigenvalue weighted by molar-refractivity contribution is 6.30. The molecule has 0 radical (unpaired) electrons. The van der Waals surface area contributed by atoms with E-state index in [2.05, 4.69) is 9.72 Å². The van der Waals surface area contributed by atoms with Gasteiger partial charge in [0.2, 0.25) is 0 Å². The van der Waals surface area contributed by atoms with Gasteiger partial charge in [0.1, 0.15) is 12.2 Å². The smallest absolute Gasteiger partial charge is 0.325 e. The van der Waals surface area contributed by atoms with Crippen LogP contribution in [0.1, 0.15) is 23.8 Å². The fraction of sp³-hybridized carbons (Fsp3) is 0.417. The topological polar surface area (TPSA) is 59.5 Å². The fourth-order valence-corrected chi connectivity index (χ4v) is 1.59. The van der Waals surface area contributed by atoms with Gasteiger partial charge in [-0.1, -0.05) is 18.5 Å². The molecule has 18 heavy (non-hydrogen) atoms. The van der Waals surface area contributed by atoms with Gasteiger partial charge in [-0.05, 0) is 18.6 Å². The molecule has 0 N–H and O–H groups in total. The van der Waals surface area contributed by atoms with E-state index in [-0.39, 0.29) is 18.1 Å². The van der Waals surface area contributed by atoms with Crippen LogP contribution in [0.5, 0.6) is 0 Å². The minimum absolute atomic E-state index is 0.0859. The Morgan fingerprint density at radius 3 is 2.78 bits per heavy atom. The molecule has 1 aromatic heterocycles. The lowest BCUT2D eigenvalue weighted by Crippen LogP contribution is -2.37. The molecule has 98 valence electrons. The quantitative estimate of drug-likeness (QED) is 0.765. The van der Waals surface area contributed by atoms with E-state index in [0.29, 0.717) is 11.6 Å². The molecule has 0 saturated heterocycles. The maximum absolute atomic E-state index is 12.1. The lowest BCUT2D eigenvalue weighted by atomic mass is 10.3. The van der Waals surface area contributed by atoms with Gasteiger partial charge in [0.25, 0.3) is 5.91 Å². The number of methoxy groups -OCH3 is 1. The van der Waals surface area contributed by atoms with Crippen LogP contribution in [0.2, 0.25) is 5.02 Å². The molecule has 1 aromatic rings. The molecule has 0 saturated carbocycles. The molecule has 0 spiro atoms. The van der Waals surface area contributed by atoms with Crippen LogP contribution in [-0.2, 0) is 9.53 Å². The van der Waals surface area contributed by atoms with Crippen molar-refractivity contribution in [3.05, 3.63) is 29.0 Å². The second kappa shape index (κ2) is 6.96. The largest absolute Gasteiger partial charge is 0.468 e. The minimum Gasteiger partial charge on any atom is -0.468 e. The molecule has 1 heterocycles. The Bertz CT molecular complexity index is 437. The predicted octanol–water partition coefficient (Wildman–Crippen LogP) is 1.76. The third-order valence-corrected chi connectivity index (χ3v) is 2.50. The van der Waals surface area contributed by atoms with Crippen LogP contribution >= 0.6 is 11.6 Å². The van der Waals surface area contributed by atoms with Crippen molar-refractivity contribution in [2.45, 2.75) is 13.3 Å². The van der Waals surface area contributed by atoms with Crippen molar-refractivity contribution < 1.29 is 14.3 Å². The predicted molar refractivity (Wildman–Crippen MR) is 67.5 cm³/mol. The zero-order valence-corrected chi connectivity index (χ0v) is 11.1. The van der Waals surface area contributed by atoms with E-state index in [1.165, 1.54) is 24.3 Å². The number of carbonyl (C=O) groups excluding carboxylic acids is 2. The number of nitrogens with zero attached hydrogens (tertiary/aromatic N) is 2. The van der Waals surface area contributed by atoms with E-state index in [4.69, 9.17) is 11.6 Å². The number of hydrogen-bond acceptors (Lipinski definition) is 4. The van der Waals surface area contributed by atoms with E-state index in [0.717, 1.165) is 6.42 Å². The second-order valence-corrected chi connectivity index (χ2v) is 4.10. The first kappa shape index (κ1) is 14.4. The van der Waals surface area contributed by atoms with Crippen molar-refractivity contribution in [1.82, 2.24) is 9.88 Å². The first-order valence-electron chi connectivity index (χ1n) is 5.56. The fourth-order valence-electron chi connectivity index (χ4n) is 1.43. The summed E-state index contributed by atoms with van der Waals surface area (Å²) in [5, 5.41) is 0.433. The van der Waals surface area contributed by atoms with Gasteiger partial charge in [-0.25, -0.2) is 0 Å². The van der Waals surface area contributed by atoms with Crippen LogP contribution in [0, 0.1) is 0 Å². The molecule has 0 atom stereocenters. The normalized spacial score (nSPS) is 9.94. The zero-order chi connectivity index (χ0) is 13.5. The average Bonchev–Trinajstić information content (AvgIpc) is 2.37. The Kier molecular flexibility index (Phi) is 5.58. The van der Waals surface area contributed by atoms with Crippen LogP contribution in [0.3, 0.4) is 0 Å². The second-order valence-electron chi connectivity index (χ2n) is 3.66. The standard InChI is InChI=1S/C12H15ClN2O3/c1-3-6-15(8-11(16)18-2)12(17)10-7-9(13)4-5-14-10/h4-5,7H,3,6,8H2,1-2H3. The Balaban J connectivity index is 2.85. The summed E-state index contributed by atoms with van der Waals surface area (Å²) in [6.45, 7) is 2.29. The molecule has 5 nitrogen and oxygen atoms in total. The number of rotatable bonds is 5. The van der Waals surface area contributed by atoms with Crippen LogP contribution in [-0.4, -0.2) is 42.0 Å². The molecule has 6 heteroatoms. The van der Waals surface area contributed by atoms with Gasteiger partial charge in [0, 0.05) is 17.8 Å². The summed E-state index contributed by atoms with van der Waals surface area (Å²) in [5.41, 5.74) is 0.222. The van der Waals surface area contributed by atoms with Gasteiger partial charge in [-0.3, -0.25) is 14.6 Å². The molecule has 0 bridgehead atoms. The summed E-state index contributed by atoms with van der Waals surface area (Å²) in [6, 6.07) is 3.06. The van der Waals surface area contributed by atoms with E-state index < -0.39 is 5.97 Å². The first-order chi connectivity index (χ1) is 8.58. The number of carbonyl (C=O) groups is 2. The lowest BCUT2D eigenvalue weighted by Gasteiger charge is -2.20. The molecule has 0 aromatic carbocycles. The maximum atomic E-state index is 12.1. The molecule has 0 aliphatic rings. The number of hydrogen-bond donors (Lipinski definition) is 0. The number of pyridine rings is 1. The van der Waals surface area contributed by atoms with Crippen molar-refractivity contribution in [3.63, 3.8) is 0 Å². The van der Waals surface area contributed by atoms with E-state index in [1.54, 1.807) is 6.07 Å². The maximum Gasteiger partial charge on any atom is 0.325 e. The highest BCUT2D eigenvalue weighted by Gasteiger charge is 2.19. The molecule has 1 rings (SSSR count). The van der Waals surface area contributed by atoms with Gasteiger partial charge >= 0.3 is 5.97 Å². The molecule has 1 amide bonds. The summed E-state index contributed by atoms with van der Waals surface area (Å²) >= 11 is 5.80. The Labute approximate surface area is 111 Å². The van der Waals surface area contributed by atoms with Gasteiger partial charge in [-0.15, -0.1) is 0 Å². The number of esters is 1. The summed E-state index contributed by atoms with van der Waals surface area (Å²) in [5.74, 6) is -0.788. The van der Waals surface area contributed by atoms with Crippen LogP contribution in [0.25, 0.3) is 0 Å². The number of aromatic nitrogens is 1. The molecule has 0 fully saturated rings. The molecular weight excluding hydrogens is 256 g/mol. The third-order valence-electron chi connectivity index (χ3n) is 2.27. The average molecular weight is 271 g/mol. The van der Waals surface area contributed by atoms with Crippen molar-refractivity contribution in [2.75, 3.05) is 20.2 Å². The number of amides is 1.